The average molecular weight is 310 g/mol. The van der Waals surface area contributed by atoms with Crippen LogP contribution in [0, 0.1) is 6.92 Å². The standard InChI is InChI=1S/C11H13F3N2O3S/c1-7-2-3-8(15)4-9(7)20(18,19)5-10(17)16-6-11(12,13)14/h2-4H,5-6,15H2,1H3,(H,16,17). The number of anilines is 1. The Morgan fingerprint density at radius 3 is 2.50 bits per heavy atom. The van der Waals surface area contributed by atoms with Gasteiger partial charge in [0.2, 0.25) is 5.91 Å². The van der Waals surface area contributed by atoms with Crippen LogP contribution in [0.3, 0.4) is 0 Å². The van der Waals surface area contributed by atoms with Gasteiger partial charge in [0.05, 0.1) is 4.90 Å². The van der Waals surface area contributed by atoms with Gasteiger partial charge in [-0.25, -0.2) is 8.42 Å². The van der Waals surface area contributed by atoms with Crippen molar-refractivity contribution >= 4 is 21.4 Å². The molecule has 0 aliphatic carbocycles. The van der Waals surface area contributed by atoms with Crippen LogP contribution in [-0.4, -0.2) is 32.8 Å². The number of benzene rings is 1. The molecule has 0 radical (unpaired) electrons. The van der Waals surface area contributed by atoms with Crippen molar-refractivity contribution in [3.05, 3.63) is 23.8 Å². The topological polar surface area (TPSA) is 89.3 Å². The Balaban J connectivity index is 2.85. The van der Waals surface area contributed by atoms with Gasteiger partial charge >= 0.3 is 6.18 Å². The van der Waals surface area contributed by atoms with E-state index in [9.17, 15) is 26.4 Å². The number of rotatable bonds is 4. The molecule has 0 spiro atoms. The zero-order chi connectivity index (χ0) is 15.6. The number of hydrogen-bond donors (Lipinski definition) is 2. The van der Waals surface area contributed by atoms with Crippen molar-refractivity contribution in [2.45, 2.75) is 18.0 Å². The highest BCUT2D eigenvalue weighted by Gasteiger charge is 2.29. The van der Waals surface area contributed by atoms with Gasteiger partial charge in [0.15, 0.2) is 9.84 Å². The molecular formula is C11H13F3N2O3S. The SMILES string of the molecule is Cc1ccc(N)cc1S(=O)(=O)CC(=O)NCC(F)(F)F. The first kappa shape index (κ1) is 16.3. The quantitative estimate of drug-likeness (QED) is 0.813. The highest BCUT2D eigenvalue weighted by atomic mass is 32.2. The highest BCUT2D eigenvalue weighted by molar-refractivity contribution is 7.92. The van der Waals surface area contributed by atoms with Crippen molar-refractivity contribution in [2.75, 3.05) is 18.0 Å². The Kier molecular flexibility index (Phi) is 4.64. The summed E-state index contributed by atoms with van der Waals surface area (Å²) in [5, 5.41) is 1.51. The zero-order valence-electron chi connectivity index (χ0n) is 10.5. The molecule has 20 heavy (non-hydrogen) atoms. The Bertz CT molecular complexity index is 612. The molecule has 0 bridgehead atoms. The lowest BCUT2D eigenvalue weighted by Crippen LogP contribution is -2.37. The van der Waals surface area contributed by atoms with E-state index in [1.54, 1.807) is 0 Å². The van der Waals surface area contributed by atoms with Gasteiger partial charge in [-0.15, -0.1) is 0 Å². The number of nitrogens with two attached hydrogens (primary N) is 1. The number of alkyl halides is 3. The number of nitrogen functional groups attached to an aromatic ring is 1. The summed E-state index contributed by atoms with van der Waals surface area (Å²) in [5.41, 5.74) is 6.01. The second-order valence-corrected chi connectivity index (χ2v) is 6.13. The Hall–Kier alpha value is -1.77. The zero-order valence-corrected chi connectivity index (χ0v) is 11.3. The maximum absolute atomic E-state index is 11.9. The molecule has 0 saturated heterocycles. The first-order chi connectivity index (χ1) is 9.01. The number of nitrogens with one attached hydrogen (secondary N) is 1. The van der Waals surface area contributed by atoms with E-state index in [2.05, 4.69) is 0 Å². The van der Waals surface area contributed by atoms with Crippen LogP contribution in [0.5, 0.6) is 0 Å². The lowest BCUT2D eigenvalue weighted by atomic mass is 10.2. The predicted octanol–water partition coefficient (Wildman–Crippen LogP) is 1.03. The van der Waals surface area contributed by atoms with Gasteiger partial charge in [-0.2, -0.15) is 13.2 Å². The van der Waals surface area contributed by atoms with E-state index in [4.69, 9.17) is 5.73 Å². The minimum absolute atomic E-state index is 0.167. The molecule has 0 aliphatic heterocycles. The fourth-order valence-corrected chi connectivity index (χ4v) is 2.93. The van der Waals surface area contributed by atoms with Crippen LogP contribution in [-0.2, 0) is 14.6 Å². The van der Waals surface area contributed by atoms with Crippen LogP contribution >= 0.6 is 0 Å². The van der Waals surface area contributed by atoms with Crippen LogP contribution in [0.4, 0.5) is 18.9 Å². The third kappa shape index (κ3) is 4.72. The number of halogens is 3. The summed E-state index contributed by atoms with van der Waals surface area (Å²) in [6.45, 7) is -0.0722. The van der Waals surface area contributed by atoms with Gasteiger partial charge in [-0.3, -0.25) is 4.79 Å². The summed E-state index contributed by atoms with van der Waals surface area (Å²) >= 11 is 0. The van der Waals surface area contributed by atoms with Crippen LogP contribution in [0.25, 0.3) is 0 Å². The molecule has 1 aromatic carbocycles. The molecule has 9 heteroatoms. The highest BCUT2D eigenvalue weighted by Crippen LogP contribution is 2.19. The van der Waals surface area contributed by atoms with Crippen molar-refractivity contribution in [3.63, 3.8) is 0 Å². The third-order valence-corrected chi connectivity index (χ3v) is 4.11. The van der Waals surface area contributed by atoms with Gasteiger partial charge < -0.3 is 11.1 Å². The van der Waals surface area contributed by atoms with E-state index in [1.807, 2.05) is 0 Å². The van der Waals surface area contributed by atoms with Crippen LogP contribution in [0.2, 0.25) is 0 Å². The van der Waals surface area contributed by atoms with Gasteiger partial charge in [-0.1, -0.05) is 6.07 Å². The minimum atomic E-state index is -4.59. The number of amides is 1. The summed E-state index contributed by atoms with van der Waals surface area (Å²) in [5.74, 6) is -2.28. The largest absolute Gasteiger partial charge is 0.405 e. The van der Waals surface area contributed by atoms with Crippen LogP contribution in [0.15, 0.2) is 23.1 Å². The predicted molar refractivity (Wildman–Crippen MR) is 66.7 cm³/mol. The van der Waals surface area contributed by atoms with E-state index in [1.165, 1.54) is 30.4 Å². The molecule has 0 saturated carbocycles. The molecule has 0 unspecified atom stereocenters. The molecule has 0 fully saturated rings. The molecule has 1 rings (SSSR count). The molecule has 0 atom stereocenters. The molecule has 112 valence electrons. The number of hydrogen-bond acceptors (Lipinski definition) is 4. The van der Waals surface area contributed by atoms with Crippen molar-refractivity contribution in [3.8, 4) is 0 Å². The van der Waals surface area contributed by atoms with E-state index < -0.39 is 34.2 Å². The monoisotopic (exact) mass is 310 g/mol. The van der Waals surface area contributed by atoms with Gasteiger partial charge in [-0.05, 0) is 24.6 Å². The molecule has 0 aliphatic rings. The lowest BCUT2D eigenvalue weighted by molar-refractivity contribution is -0.137. The number of aryl methyl sites for hydroxylation is 1. The van der Waals surface area contributed by atoms with E-state index >= 15 is 0 Å². The van der Waals surface area contributed by atoms with Crippen molar-refractivity contribution in [1.29, 1.82) is 0 Å². The van der Waals surface area contributed by atoms with Crippen LogP contribution in [0.1, 0.15) is 5.56 Å². The second-order valence-electron chi connectivity index (χ2n) is 4.18. The summed E-state index contributed by atoms with van der Waals surface area (Å²) in [6, 6.07) is 4.11. The summed E-state index contributed by atoms with van der Waals surface area (Å²) in [7, 11) is -4.04. The Morgan fingerprint density at radius 1 is 1.35 bits per heavy atom. The maximum atomic E-state index is 11.9. The Morgan fingerprint density at radius 2 is 1.95 bits per heavy atom. The van der Waals surface area contributed by atoms with Gasteiger partial charge in [0.1, 0.15) is 12.3 Å². The third-order valence-electron chi connectivity index (χ3n) is 2.35. The van der Waals surface area contributed by atoms with Crippen molar-refractivity contribution < 1.29 is 26.4 Å². The molecule has 0 aromatic heterocycles. The minimum Gasteiger partial charge on any atom is -0.399 e. The average Bonchev–Trinajstić information content (AvgIpc) is 2.28. The fourth-order valence-electron chi connectivity index (χ4n) is 1.45. The van der Waals surface area contributed by atoms with Gasteiger partial charge in [0.25, 0.3) is 0 Å². The lowest BCUT2D eigenvalue weighted by Gasteiger charge is -2.10. The number of carbonyl (C=O) groups excluding carboxylic acids is 1. The first-order valence-electron chi connectivity index (χ1n) is 5.43. The maximum Gasteiger partial charge on any atom is 0.405 e. The first-order valence-corrected chi connectivity index (χ1v) is 7.09. The summed E-state index contributed by atoms with van der Waals surface area (Å²) in [4.78, 5) is 11.1. The van der Waals surface area contributed by atoms with Gasteiger partial charge in [0, 0.05) is 5.69 Å². The normalized spacial score (nSPS) is 12.2. The summed E-state index contributed by atoms with van der Waals surface area (Å²) < 4.78 is 59.6. The Labute approximate surface area is 113 Å². The molecule has 1 amide bonds. The van der Waals surface area contributed by atoms with Crippen molar-refractivity contribution in [2.24, 2.45) is 0 Å². The second kappa shape index (κ2) is 5.70. The molecule has 5 nitrogen and oxygen atoms in total. The van der Waals surface area contributed by atoms with Crippen molar-refractivity contribution in [1.82, 2.24) is 5.32 Å². The van der Waals surface area contributed by atoms with E-state index in [0.29, 0.717) is 5.56 Å². The fraction of sp³-hybridized carbons (Fsp3) is 0.364. The number of carbonyl (C=O) groups is 1. The summed E-state index contributed by atoms with van der Waals surface area (Å²) in [6.07, 6.45) is -4.59. The molecule has 0 heterocycles. The van der Waals surface area contributed by atoms with E-state index in [-0.39, 0.29) is 10.6 Å². The molecule has 1 aromatic rings. The smallest absolute Gasteiger partial charge is 0.399 e. The van der Waals surface area contributed by atoms with E-state index in [0.717, 1.165) is 0 Å². The van der Waals surface area contributed by atoms with Crippen LogP contribution < -0.4 is 11.1 Å². The molecule has 3 N–H and O–H groups in total. The molecular weight excluding hydrogens is 297 g/mol. The number of sulfone groups is 1.